The highest BCUT2D eigenvalue weighted by Gasteiger charge is 2.24. The lowest BCUT2D eigenvalue weighted by Crippen LogP contribution is -1.77. The second kappa shape index (κ2) is 3.46. The molecule has 1 nitrogen and oxygen atoms in total. The van der Waals surface area contributed by atoms with Gasteiger partial charge in [-0.3, -0.25) is 4.79 Å². The minimum atomic E-state index is -0.706. The van der Waals surface area contributed by atoms with Gasteiger partial charge in [-0.2, -0.15) is 0 Å². The van der Waals surface area contributed by atoms with Gasteiger partial charge >= 0.3 is 0 Å². The molecule has 16 heavy (non-hydrogen) atoms. The van der Waals surface area contributed by atoms with Gasteiger partial charge in [-0.05, 0) is 11.1 Å². The van der Waals surface area contributed by atoms with E-state index in [1.807, 2.05) is 0 Å². The molecule has 0 atom stereocenters. The first-order valence-corrected chi connectivity index (χ1v) is 4.45. The van der Waals surface area contributed by atoms with Crippen LogP contribution in [0.5, 0.6) is 0 Å². The summed E-state index contributed by atoms with van der Waals surface area (Å²) in [6.45, 7) is 0. The molecule has 0 aliphatic carbocycles. The van der Waals surface area contributed by atoms with Crippen LogP contribution in [0, 0.1) is 0 Å². The largest absolute Gasteiger partial charge is 0.289 e. The molecule has 0 bridgehead atoms. The van der Waals surface area contributed by atoms with E-state index in [4.69, 9.17) is 13.7 Å². The van der Waals surface area contributed by atoms with Gasteiger partial charge in [0.25, 0.3) is 0 Å². The lowest BCUT2D eigenvalue weighted by molar-refractivity contribution is 1.69. The number of hydrogen-bond donors (Lipinski definition) is 0. The molecule has 0 unspecified atom stereocenters. The van der Waals surface area contributed by atoms with Gasteiger partial charge in [-0.1, -0.05) is 60.4 Å². The Morgan fingerprint density at radius 1 is 0.688 bits per heavy atom. The maximum Gasteiger partial charge on any atom is 0.195 e. The summed E-state index contributed by atoms with van der Waals surface area (Å²) in [6, 6.07) is -6.01. The fourth-order valence-electron chi connectivity index (χ4n) is 1.40. The Balaban J connectivity index is 2.34. The zero-order valence-corrected chi connectivity index (χ0v) is 7.91. The van der Waals surface area contributed by atoms with Gasteiger partial charge in [0.2, 0.25) is 0 Å². The smallest absolute Gasteiger partial charge is 0.195 e. The molecule has 3 aromatic carbocycles. The Kier molecular flexibility index (Phi) is 0.739. The highest BCUT2D eigenvalue weighted by molar-refractivity contribution is 5.93. The molecule has 3 aromatic rings. The number of rotatable bonds is 2. The lowest BCUT2D eigenvalue weighted by Gasteiger charge is -1.92. The van der Waals surface area contributed by atoms with E-state index in [2.05, 4.69) is 0 Å². The molecule has 0 N–H and O–H groups in total. The van der Waals surface area contributed by atoms with Crippen LogP contribution in [0.4, 0.5) is 0 Å². The third-order valence-corrected chi connectivity index (χ3v) is 2.14. The molecule has 0 aromatic heterocycles. The SMILES string of the molecule is [2H]c1c([2H])c([2H])c(-c2c(-c3c([2H])c([2H])c([2H])c([2H])c3[2H])c2=O)c([2H])c1[2H]. The molecular weight excluding hydrogens is 196 g/mol. The minimum absolute atomic E-state index is 0.222. The van der Waals surface area contributed by atoms with Crippen molar-refractivity contribution in [1.29, 1.82) is 0 Å². The third-order valence-electron chi connectivity index (χ3n) is 2.14. The highest BCUT2D eigenvalue weighted by Crippen LogP contribution is 2.33. The van der Waals surface area contributed by atoms with Crippen LogP contribution in [-0.4, -0.2) is 0 Å². The summed E-state index contributed by atoms with van der Waals surface area (Å²) < 4.78 is 77.5. The quantitative estimate of drug-likeness (QED) is 0.642. The van der Waals surface area contributed by atoms with Crippen LogP contribution in [0.15, 0.2) is 65.2 Å². The van der Waals surface area contributed by atoms with Crippen LogP contribution in [0.3, 0.4) is 0 Å². The molecule has 0 radical (unpaired) electrons. The van der Waals surface area contributed by atoms with Crippen molar-refractivity contribution in [2.75, 3.05) is 0 Å². The molecule has 0 aliphatic rings. The maximum atomic E-state index is 12.3. The van der Waals surface area contributed by atoms with E-state index in [1.165, 1.54) is 0 Å². The Morgan fingerprint density at radius 3 is 1.44 bits per heavy atom. The normalized spacial score (nSPS) is 19.5. The van der Waals surface area contributed by atoms with Crippen molar-refractivity contribution in [3.63, 3.8) is 0 Å². The second-order valence-corrected chi connectivity index (χ2v) is 3.08. The van der Waals surface area contributed by atoms with Crippen LogP contribution in [-0.2, 0) is 0 Å². The zero-order chi connectivity index (χ0) is 19.7. The molecule has 0 amide bonds. The fraction of sp³-hybridized carbons (Fsp3) is 0. The average molecular weight is 216 g/mol. The van der Waals surface area contributed by atoms with E-state index in [-0.39, 0.29) is 22.3 Å². The van der Waals surface area contributed by atoms with E-state index in [0.717, 1.165) is 0 Å². The maximum absolute atomic E-state index is 12.3. The van der Waals surface area contributed by atoms with Gasteiger partial charge in [-0.25, -0.2) is 0 Å². The minimum Gasteiger partial charge on any atom is -0.289 e. The average Bonchev–Trinajstić information content (AvgIpc) is 3.25. The van der Waals surface area contributed by atoms with Gasteiger partial charge in [0, 0.05) is 11.1 Å². The van der Waals surface area contributed by atoms with Crippen molar-refractivity contribution in [2.24, 2.45) is 0 Å². The molecule has 0 heterocycles. The van der Waals surface area contributed by atoms with Crippen molar-refractivity contribution in [3.8, 4) is 22.3 Å². The fourth-order valence-corrected chi connectivity index (χ4v) is 1.40. The summed E-state index contributed by atoms with van der Waals surface area (Å²) in [4.78, 5) is 12.3. The summed E-state index contributed by atoms with van der Waals surface area (Å²) in [5.74, 6) is 0. The summed E-state index contributed by atoms with van der Waals surface area (Å²) in [7, 11) is 0. The predicted octanol–water partition coefficient (Wildman–Crippen LogP) is 3.26. The topological polar surface area (TPSA) is 17.1 Å². The van der Waals surface area contributed by atoms with Gasteiger partial charge in [0.1, 0.15) is 0 Å². The number of benzene rings is 2. The zero-order valence-electron chi connectivity index (χ0n) is 17.9. The van der Waals surface area contributed by atoms with Gasteiger partial charge < -0.3 is 0 Å². The van der Waals surface area contributed by atoms with E-state index in [1.54, 1.807) is 0 Å². The predicted molar refractivity (Wildman–Crippen MR) is 66.0 cm³/mol. The van der Waals surface area contributed by atoms with Crippen LogP contribution in [0.2, 0.25) is 0 Å². The van der Waals surface area contributed by atoms with E-state index in [9.17, 15) is 4.79 Å². The van der Waals surface area contributed by atoms with Crippen molar-refractivity contribution in [2.45, 2.75) is 0 Å². The summed E-state index contributed by atoms with van der Waals surface area (Å²) in [5, 5.41) is 0. The Bertz CT molecular complexity index is 964. The van der Waals surface area contributed by atoms with E-state index >= 15 is 0 Å². The van der Waals surface area contributed by atoms with Crippen LogP contribution >= 0.6 is 0 Å². The summed E-state index contributed by atoms with van der Waals surface area (Å²) in [5.41, 5.74) is -1.81. The molecule has 3 rings (SSSR count). The highest BCUT2D eigenvalue weighted by atomic mass is 16.1. The molecule has 76 valence electrons. The van der Waals surface area contributed by atoms with E-state index in [0.29, 0.717) is 0 Å². The molecule has 0 saturated heterocycles. The van der Waals surface area contributed by atoms with Crippen LogP contribution in [0.1, 0.15) is 13.7 Å². The molecular formula is C15H10O. The van der Waals surface area contributed by atoms with Crippen LogP contribution < -0.4 is 5.43 Å². The lowest BCUT2D eigenvalue weighted by atomic mass is 10.1. The van der Waals surface area contributed by atoms with Gasteiger partial charge in [-0.15, -0.1) is 0 Å². The summed E-state index contributed by atoms with van der Waals surface area (Å²) in [6.07, 6.45) is 0. The Hall–Kier alpha value is -2.15. The van der Waals surface area contributed by atoms with Crippen molar-refractivity contribution in [1.82, 2.24) is 0 Å². The van der Waals surface area contributed by atoms with Crippen molar-refractivity contribution in [3.05, 3.63) is 70.6 Å². The first-order chi connectivity index (χ1) is 12.0. The Labute approximate surface area is 108 Å². The molecule has 0 fully saturated rings. The molecule has 0 spiro atoms. The van der Waals surface area contributed by atoms with Gasteiger partial charge in [0.05, 0.1) is 13.7 Å². The standard InChI is InChI=1S/C15H10O/c16-15-13(11-7-3-1-4-8-11)14(15)12-9-5-2-6-10-12/h1-10H/i1D,2D,3D,4D,5D,6D,7D,8D,9D,10D. The van der Waals surface area contributed by atoms with Gasteiger partial charge in [0.15, 0.2) is 5.43 Å². The van der Waals surface area contributed by atoms with E-state index < -0.39 is 65.9 Å². The summed E-state index contributed by atoms with van der Waals surface area (Å²) >= 11 is 0. The first kappa shape index (κ1) is 3.42. The first-order valence-electron chi connectivity index (χ1n) is 9.45. The van der Waals surface area contributed by atoms with Crippen LogP contribution in [0.25, 0.3) is 22.3 Å². The second-order valence-electron chi connectivity index (χ2n) is 3.08. The molecule has 1 heteroatoms. The van der Waals surface area contributed by atoms with Crippen molar-refractivity contribution < 1.29 is 13.7 Å². The number of hydrogen-bond acceptors (Lipinski definition) is 1. The third kappa shape index (κ3) is 1.38. The molecule has 0 aliphatic heterocycles. The monoisotopic (exact) mass is 216 g/mol. The molecule has 0 saturated carbocycles. The Morgan fingerprint density at radius 2 is 1.06 bits per heavy atom. The van der Waals surface area contributed by atoms with Crippen molar-refractivity contribution >= 4 is 0 Å².